The van der Waals surface area contributed by atoms with E-state index in [9.17, 15) is 27.6 Å². The third-order valence-electron chi connectivity index (χ3n) is 8.61. The second-order valence-electron chi connectivity index (χ2n) is 11.6. The van der Waals surface area contributed by atoms with E-state index in [4.69, 9.17) is 0 Å². The lowest BCUT2D eigenvalue weighted by Crippen LogP contribution is -2.53. The number of hydrogen-bond donors (Lipinski definition) is 0. The zero-order valence-electron chi connectivity index (χ0n) is 22.9. The molecule has 210 valence electrons. The fourth-order valence-electron chi connectivity index (χ4n) is 6.16. The Balaban J connectivity index is 1.53. The van der Waals surface area contributed by atoms with Crippen molar-refractivity contribution in [3.8, 4) is 0 Å². The van der Waals surface area contributed by atoms with Crippen LogP contribution in [0.2, 0.25) is 0 Å². The largest absolute Gasteiger partial charge is 0.342 e. The summed E-state index contributed by atoms with van der Waals surface area (Å²) in [5, 5.41) is 0. The maximum atomic E-state index is 14.5. The molecule has 1 saturated heterocycles. The Morgan fingerprint density at radius 2 is 1.59 bits per heavy atom. The van der Waals surface area contributed by atoms with Crippen LogP contribution in [0.25, 0.3) is 0 Å². The molecule has 0 bridgehead atoms. The number of amides is 2. The Kier molecular flexibility index (Phi) is 8.24. The van der Waals surface area contributed by atoms with E-state index in [2.05, 4.69) is 0 Å². The van der Waals surface area contributed by atoms with Crippen LogP contribution in [0.1, 0.15) is 71.3 Å². The van der Waals surface area contributed by atoms with E-state index >= 15 is 0 Å². The van der Waals surface area contributed by atoms with Crippen molar-refractivity contribution in [3.05, 3.63) is 66.0 Å². The van der Waals surface area contributed by atoms with Gasteiger partial charge in [-0.05, 0) is 64.7 Å². The number of para-hydroxylation sites is 1. The highest BCUT2D eigenvalue weighted by Crippen LogP contribution is 2.41. The van der Waals surface area contributed by atoms with Crippen molar-refractivity contribution in [1.82, 2.24) is 4.90 Å². The lowest BCUT2D eigenvalue weighted by molar-refractivity contribution is -0.143. The third-order valence-corrected chi connectivity index (χ3v) is 8.61. The molecule has 1 unspecified atom stereocenters. The number of hydrogen-bond acceptors (Lipinski definition) is 3. The lowest BCUT2D eigenvalue weighted by Gasteiger charge is -2.44. The van der Waals surface area contributed by atoms with Gasteiger partial charge in [-0.25, -0.2) is 13.2 Å². The number of alkyl halides is 2. The Bertz CT molecular complexity index is 1210. The molecule has 39 heavy (non-hydrogen) atoms. The fourth-order valence-corrected chi connectivity index (χ4v) is 6.16. The number of likely N-dealkylation sites (tertiary alicyclic amines) is 1. The van der Waals surface area contributed by atoms with Gasteiger partial charge in [-0.1, -0.05) is 36.4 Å². The first-order valence-corrected chi connectivity index (χ1v) is 13.7. The van der Waals surface area contributed by atoms with Crippen LogP contribution in [0, 0.1) is 11.2 Å². The van der Waals surface area contributed by atoms with Gasteiger partial charge in [0.15, 0.2) is 0 Å². The van der Waals surface area contributed by atoms with Gasteiger partial charge < -0.3 is 9.80 Å². The maximum absolute atomic E-state index is 14.5. The Hall–Kier alpha value is -3.16. The Morgan fingerprint density at radius 1 is 0.974 bits per heavy atom. The van der Waals surface area contributed by atoms with Gasteiger partial charge in [-0.15, -0.1) is 0 Å². The van der Waals surface area contributed by atoms with Crippen LogP contribution in [-0.4, -0.2) is 47.6 Å². The number of nitrogens with zero attached hydrogens (tertiary/aromatic N) is 2. The highest BCUT2D eigenvalue weighted by atomic mass is 19.3. The van der Waals surface area contributed by atoms with Crippen molar-refractivity contribution in [2.75, 3.05) is 18.0 Å². The summed E-state index contributed by atoms with van der Waals surface area (Å²) >= 11 is 0. The molecule has 8 heteroatoms. The standard InChI is InChI=1S/C31H37F3N2O3/c1-22(37)30(16-18-35(19-17-30)28(39)29(2,3)25-13-7-8-14-26(25)32)21-27(38)36(23-10-5-4-6-11-23)24-12-9-15-31(33,34)20-24/h4-8,10-11,13-14,24H,9,12,15-21H2,1-3H3. The van der Waals surface area contributed by atoms with Crippen molar-refractivity contribution in [2.45, 2.75) is 83.1 Å². The average molecular weight is 543 g/mol. The summed E-state index contributed by atoms with van der Waals surface area (Å²) in [6.45, 7) is 5.31. The first-order chi connectivity index (χ1) is 18.4. The number of anilines is 1. The molecule has 0 radical (unpaired) electrons. The minimum absolute atomic E-state index is 0.113. The number of benzene rings is 2. The van der Waals surface area contributed by atoms with Crippen LogP contribution in [0.5, 0.6) is 0 Å². The maximum Gasteiger partial charge on any atom is 0.250 e. The van der Waals surface area contributed by atoms with E-state index in [0.29, 0.717) is 24.1 Å². The van der Waals surface area contributed by atoms with E-state index < -0.39 is 35.0 Å². The summed E-state index contributed by atoms with van der Waals surface area (Å²) in [7, 11) is 0. The van der Waals surface area contributed by atoms with Crippen molar-refractivity contribution < 1.29 is 27.6 Å². The van der Waals surface area contributed by atoms with Gasteiger partial charge in [0, 0.05) is 55.1 Å². The van der Waals surface area contributed by atoms with Crippen LogP contribution < -0.4 is 4.90 Å². The zero-order valence-corrected chi connectivity index (χ0v) is 22.9. The Morgan fingerprint density at radius 3 is 2.18 bits per heavy atom. The van der Waals surface area contributed by atoms with Crippen LogP contribution in [-0.2, 0) is 19.8 Å². The number of ketones is 1. The number of rotatable bonds is 7. The van der Waals surface area contributed by atoms with E-state index in [1.807, 2.05) is 0 Å². The summed E-state index contributed by atoms with van der Waals surface area (Å²) in [6.07, 6.45) is 0.627. The molecule has 1 aliphatic heterocycles. The van der Waals surface area contributed by atoms with Crippen LogP contribution in [0.3, 0.4) is 0 Å². The molecule has 2 aromatic rings. The molecule has 0 spiro atoms. The van der Waals surface area contributed by atoms with E-state index in [1.165, 1.54) is 17.9 Å². The monoisotopic (exact) mass is 542 g/mol. The SMILES string of the molecule is CC(=O)C1(CC(=O)N(c2ccccc2)C2CCCC(F)(F)C2)CCN(C(=O)C(C)(C)c2ccccc2F)CC1. The van der Waals surface area contributed by atoms with Gasteiger partial charge in [0.25, 0.3) is 0 Å². The number of carbonyl (C=O) groups excluding carboxylic acids is 3. The summed E-state index contributed by atoms with van der Waals surface area (Å²) in [5.41, 5.74) is -1.26. The molecule has 2 fully saturated rings. The molecule has 1 saturated carbocycles. The number of piperidine rings is 1. The van der Waals surface area contributed by atoms with Crippen LogP contribution >= 0.6 is 0 Å². The van der Waals surface area contributed by atoms with Gasteiger partial charge in [-0.2, -0.15) is 0 Å². The normalized spacial score (nSPS) is 20.8. The molecule has 1 atom stereocenters. The quantitative estimate of drug-likeness (QED) is 0.413. The van der Waals surface area contributed by atoms with Crippen LogP contribution in [0.4, 0.5) is 18.9 Å². The summed E-state index contributed by atoms with van der Waals surface area (Å²) < 4.78 is 43.2. The summed E-state index contributed by atoms with van der Waals surface area (Å²) in [6, 6.07) is 14.3. The molecular weight excluding hydrogens is 505 g/mol. The summed E-state index contributed by atoms with van der Waals surface area (Å²) in [5.74, 6) is -4.05. The molecule has 1 heterocycles. The molecular formula is C31H37F3N2O3. The number of Topliss-reactive ketones (excluding diaryl/α,β-unsaturated/α-hetero) is 1. The van der Waals surface area contributed by atoms with Crippen molar-refractivity contribution >= 4 is 23.3 Å². The lowest BCUT2D eigenvalue weighted by atomic mass is 9.71. The molecule has 2 amide bonds. The second-order valence-corrected chi connectivity index (χ2v) is 11.6. The average Bonchev–Trinajstić information content (AvgIpc) is 2.89. The highest BCUT2D eigenvalue weighted by molar-refractivity contribution is 5.98. The number of carbonyl (C=O) groups is 3. The topological polar surface area (TPSA) is 57.7 Å². The minimum Gasteiger partial charge on any atom is -0.342 e. The van der Waals surface area contributed by atoms with E-state index in [-0.39, 0.29) is 56.4 Å². The third kappa shape index (κ3) is 6.04. The number of halogens is 3. The summed E-state index contributed by atoms with van der Waals surface area (Å²) in [4.78, 5) is 43.4. The van der Waals surface area contributed by atoms with Crippen molar-refractivity contribution in [1.29, 1.82) is 0 Å². The van der Waals surface area contributed by atoms with E-state index in [1.54, 1.807) is 67.3 Å². The molecule has 5 nitrogen and oxygen atoms in total. The molecule has 2 aromatic carbocycles. The Labute approximate surface area is 228 Å². The first-order valence-electron chi connectivity index (χ1n) is 13.7. The van der Waals surface area contributed by atoms with Gasteiger partial charge >= 0.3 is 0 Å². The fraction of sp³-hybridized carbons (Fsp3) is 0.516. The molecule has 2 aliphatic rings. The van der Waals surface area contributed by atoms with Crippen molar-refractivity contribution in [2.24, 2.45) is 5.41 Å². The van der Waals surface area contributed by atoms with Gasteiger partial charge in [0.1, 0.15) is 11.6 Å². The van der Waals surface area contributed by atoms with Gasteiger partial charge in [-0.3, -0.25) is 14.4 Å². The van der Waals surface area contributed by atoms with E-state index in [0.717, 1.165) is 0 Å². The highest BCUT2D eigenvalue weighted by Gasteiger charge is 2.47. The molecule has 4 rings (SSSR count). The van der Waals surface area contributed by atoms with Gasteiger partial charge in [0.2, 0.25) is 17.7 Å². The molecule has 0 N–H and O–H groups in total. The predicted molar refractivity (Wildman–Crippen MR) is 144 cm³/mol. The van der Waals surface area contributed by atoms with Gasteiger partial charge in [0.05, 0.1) is 5.41 Å². The van der Waals surface area contributed by atoms with Crippen molar-refractivity contribution in [3.63, 3.8) is 0 Å². The minimum atomic E-state index is -2.84. The zero-order chi connectivity index (χ0) is 28.4. The smallest absolute Gasteiger partial charge is 0.250 e. The molecule has 0 aromatic heterocycles. The van der Waals surface area contributed by atoms with Crippen LogP contribution in [0.15, 0.2) is 54.6 Å². The first kappa shape index (κ1) is 28.8. The molecule has 1 aliphatic carbocycles. The predicted octanol–water partition coefficient (Wildman–Crippen LogP) is 6.30. The second kappa shape index (κ2) is 11.1.